The molecule has 1 aliphatic rings. The molecule has 0 radical (unpaired) electrons. The van der Waals surface area contributed by atoms with Gasteiger partial charge in [0.2, 0.25) is 5.13 Å². The number of aliphatic hydroxyl groups excluding tert-OH is 1. The smallest absolute Gasteiger partial charge is 0.301 e. The highest BCUT2D eigenvalue weighted by Gasteiger charge is 2.48. The van der Waals surface area contributed by atoms with Crippen molar-refractivity contribution in [2.45, 2.75) is 36.3 Å². The Morgan fingerprint density at radius 3 is 2.31 bits per heavy atom. The molecule has 1 amide bonds. The van der Waals surface area contributed by atoms with E-state index < -0.39 is 17.7 Å². The summed E-state index contributed by atoms with van der Waals surface area (Å²) in [7, 11) is 1.50. The number of benzene rings is 5. The first-order valence-corrected chi connectivity index (χ1v) is 18.7. The van der Waals surface area contributed by atoms with E-state index in [-0.39, 0.29) is 22.3 Å². The molecule has 1 fully saturated rings. The number of carbonyl (C=O) groups excluding carboxylic acids is 2. The average Bonchev–Trinajstić information content (AvgIpc) is 3.78. The second kappa shape index (κ2) is 16.4. The van der Waals surface area contributed by atoms with Crippen LogP contribution in [0.15, 0.2) is 131 Å². The third-order valence-corrected chi connectivity index (χ3v) is 11.0. The number of thioether (sulfide) groups is 1. The number of ketones is 1. The summed E-state index contributed by atoms with van der Waals surface area (Å²) in [6.45, 7) is 2.67. The van der Waals surface area contributed by atoms with Crippen molar-refractivity contribution in [2.24, 2.45) is 0 Å². The van der Waals surface area contributed by atoms with Gasteiger partial charge in [0.15, 0.2) is 15.8 Å². The van der Waals surface area contributed by atoms with Gasteiger partial charge in [-0.2, -0.15) is 0 Å². The minimum Gasteiger partial charge on any atom is -0.507 e. The first-order chi connectivity index (χ1) is 26.3. The SMILES string of the molecule is COc1cc(C2/C(=C(\O)c3ccc(OCc4ccccc4C)cc3)C(=O)C(=O)N2c2nnc(SCc3ccc(F)cc3)s2)ccc1OCc1ccccc1. The van der Waals surface area contributed by atoms with Gasteiger partial charge in [0, 0.05) is 11.3 Å². The van der Waals surface area contributed by atoms with Crippen LogP contribution in [0.4, 0.5) is 9.52 Å². The van der Waals surface area contributed by atoms with Crippen LogP contribution in [-0.4, -0.2) is 34.1 Å². The van der Waals surface area contributed by atoms with Gasteiger partial charge in [-0.15, -0.1) is 10.2 Å². The Morgan fingerprint density at radius 1 is 0.833 bits per heavy atom. The quantitative estimate of drug-likeness (QED) is 0.0405. The zero-order valence-electron chi connectivity index (χ0n) is 29.3. The van der Waals surface area contributed by atoms with Gasteiger partial charge in [-0.25, -0.2) is 4.39 Å². The molecule has 6 aromatic rings. The van der Waals surface area contributed by atoms with Gasteiger partial charge in [-0.3, -0.25) is 14.5 Å². The third kappa shape index (κ3) is 7.99. The predicted molar refractivity (Wildman–Crippen MR) is 206 cm³/mol. The number of rotatable bonds is 13. The van der Waals surface area contributed by atoms with Crippen molar-refractivity contribution in [3.63, 3.8) is 0 Å². The van der Waals surface area contributed by atoms with Crippen LogP contribution in [0, 0.1) is 12.7 Å². The molecule has 1 aromatic heterocycles. The second-order valence-electron chi connectivity index (χ2n) is 12.4. The van der Waals surface area contributed by atoms with Crippen molar-refractivity contribution >= 4 is 45.7 Å². The van der Waals surface area contributed by atoms with Gasteiger partial charge < -0.3 is 19.3 Å². The lowest BCUT2D eigenvalue weighted by Gasteiger charge is -2.23. The molecule has 54 heavy (non-hydrogen) atoms. The molecule has 0 bridgehead atoms. The molecule has 1 unspecified atom stereocenters. The van der Waals surface area contributed by atoms with E-state index >= 15 is 0 Å². The fraction of sp³-hybridized carbons (Fsp3) is 0.143. The molecular formula is C42H34FN3O6S2. The summed E-state index contributed by atoms with van der Waals surface area (Å²) >= 11 is 2.50. The molecule has 1 N–H and O–H groups in total. The van der Waals surface area contributed by atoms with Gasteiger partial charge in [0.1, 0.15) is 30.5 Å². The van der Waals surface area contributed by atoms with Crippen LogP contribution in [0.25, 0.3) is 5.76 Å². The highest BCUT2D eigenvalue weighted by molar-refractivity contribution is 8.00. The number of nitrogens with zero attached hydrogens (tertiary/aromatic N) is 3. The van der Waals surface area contributed by atoms with Crippen molar-refractivity contribution in [3.05, 3.63) is 166 Å². The zero-order valence-corrected chi connectivity index (χ0v) is 30.9. The van der Waals surface area contributed by atoms with Crippen LogP contribution in [-0.2, 0) is 28.6 Å². The lowest BCUT2D eigenvalue weighted by Crippen LogP contribution is -2.29. The molecule has 2 heterocycles. The lowest BCUT2D eigenvalue weighted by atomic mass is 9.95. The van der Waals surface area contributed by atoms with E-state index in [1.807, 2.05) is 61.5 Å². The molecule has 9 nitrogen and oxygen atoms in total. The van der Waals surface area contributed by atoms with Crippen LogP contribution < -0.4 is 19.1 Å². The number of ether oxygens (including phenoxy) is 3. The van der Waals surface area contributed by atoms with Crippen LogP contribution in [0.2, 0.25) is 0 Å². The molecular weight excluding hydrogens is 726 g/mol. The molecule has 1 saturated heterocycles. The van der Waals surface area contributed by atoms with Gasteiger partial charge in [0.25, 0.3) is 5.78 Å². The molecule has 272 valence electrons. The number of anilines is 1. The molecule has 5 aromatic carbocycles. The van der Waals surface area contributed by atoms with Crippen LogP contribution in [0.1, 0.15) is 39.4 Å². The molecule has 0 spiro atoms. The molecule has 12 heteroatoms. The van der Waals surface area contributed by atoms with E-state index in [1.165, 1.54) is 35.9 Å². The Kier molecular flexibility index (Phi) is 11.0. The van der Waals surface area contributed by atoms with Crippen molar-refractivity contribution < 1.29 is 33.3 Å². The van der Waals surface area contributed by atoms with Crippen molar-refractivity contribution in [1.82, 2.24) is 10.2 Å². The molecule has 7 rings (SSSR count). The van der Waals surface area contributed by atoms with E-state index in [0.717, 1.165) is 33.6 Å². The van der Waals surface area contributed by atoms with Gasteiger partial charge in [-0.05, 0) is 83.3 Å². The van der Waals surface area contributed by atoms with Crippen molar-refractivity contribution in [1.29, 1.82) is 0 Å². The normalized spacial score (nSPS) is 15.0. The van der Waals surface area contributed by atoms with Crippen LogP contribution in [0.5, 0.6) is 17.2 Å². The largest absolute Gasteiger partial charge is 0.507 e. The summed E-state index contributed by atoms with van der Waals surface area (Å²) in [5, 5.41) is 20.5. The van der Waals surface area contributed by atoms with Gasteiger partial charge in [-0.1, -0.05) is 95.9 Å². The van der Waals surface area contributed by atoms with E-state index in [1.54, 1.807) is 54.6 Å². The lowest BCUT2D eigenvalue weighted by molar-refractivity contribution is -0.132. The number of amides is 1. The van der Waals surface area contributed by atoms with E-state index in [4.69, 9.17) is 14.2 Å². The predicted octanol–water partition coefficient (Wildman–Crippen LogP) is 9.07. The number of carbonyl (C=O) groups is 2. The monoisotopic (exact) mass is 759 g/mol. The van der Waals surface area contributed by atoms with Gasteiger partial charge in [0.05, 0.1) is 18.7 Å². The fourth-order valence-electron chi connectivity index (χ4n) is 5.94. The Bertz CT molecular complexity index is 2310. The number of hydrogen-bond donors (Lipinski definition) is 1. The van der Waals surface area contributed by atoms with E-state index in [9.17, 15) is 19.1 Å². The van der Waals surface area contributed by atoms with Crippen molar-refractivity contribution in [2.75, 3.05) is 12.0 Å². The third-order valence-electron chi connectivity index (χ3n) is 8.85. The minimum atomic E-state index is -1.08. The number of hydrogen-bond acceptors (Lipinski definition) is 10. The number of Topliss-reactive ketones (excluding diaryl/α,β-unsaturated/α-hetero) is 1. The first-order valence-electron chi connectivity index (χ1n) is 16.9. The summed E-state index contributed by atoms with van der Waals surface area (Å²) < 4.78 is 31.8. The zero-order chi connectivity index (χ0) is 37.6. The summed E-state index contributed by atoms with van der Waals surface area (Å²) in [5.74, 6) is -0.537. The molecule has 0 aliphatic carbocycles. The van der Waals surface area contributed by atoms with Crippen molar-refractivity contribution in [3.8, 4) is 17.2 Å². The van der Waals surface area contributed by atoms with Gasteiger partial charge >= 0.3 is 5.91 Å². The number of methoxy groups -OCH3 is 1. The maximum absolute atomic E-state index is 13.9. The Labute approximate surface area is 319 Å². The number of aryl methyl sites for hydroxylation is 1. The van der Waals surface area contributed by atoms with E-state index in [2.05, 4.69) is 10.2 Å². The Balaban J connectivity index is 1.22. The maximum Gasteiger partial charge on any atom is 0.301 e. The van der Waals surface area contributed by atoms with Crippen LogP contribution >= 0.6 is 23.1 Å². The Morgan fingerprint density at radius 2 is 1.57 bits per heavy atom. The standard InChI is InChI=1S/C42H34FN3O6S2/c1-26-8-6-7-11-31(26)24-51-33-19-14-29(15-20-33)38(47)36-37(30-16-21-34(35(22-30)50-2)52-23-27-9-4-3-5-10-27)46(40(49)39(36)48)41-44-45-42(54-41)53-25-28-12-17-32(43)18-13-28/h3-22,37,47H,23-25H2,1-2H3/b38-36+. The first kappa shape index (κ1) is 36.4. The summed E-state index contributed by atoms with van der Waals surface area (Å²) in [5.41, 5.74) is 4.68. The maximum atomic E-state index is 13.9. The number of halogens is 1. The summed E-state index contributed by atoms with van der Waals surface area (Å²) in [6.07, 6.45) is 0. The van der Waals surface area contributed by atoms with E-state index in [0.29, 0.717) is 51.7 Å². The fourth-order valence-corrected chi connectivity index (χ4v) is 7.76. The highest BCUT2D eigenvalue weighted by atomic mass is 32.2. The molecule has 1 atom stereocenters. The number of aromatic nitrogens is 2. The Hall–Kier alpha value is -5.98. The summed E-state index contributed by atoms with van der Waals surface area (Å²) in [6, 6.07) is 34.5. The summed E-state index contributed by atoms with van der Waals surface area (Å²) in [4.78, 5) is 29.0. The minimum absolute atomic E-state index is 0.121. The molecule has 1 aliphatic heterocycles. The second-order valence-corrected chi connectivity index (χ2v) is 14.5. The topological polar surface area (TPSA) is 111 Å². The number of aliphatic hydroxyl groups is 1. The molecule has 0 saturated carbocycles. The average molecular weight is 760 g/mol. The van der Waals surface area contributed by atoms with Crippen LogP contribution in [0.3, 0.4) is 0 Å². The highest BCUT2D eigenvalue weighted by Crippen LogP contribution is 2.46.